The summed E-state index contributed by atoms with van der Waals surface area (Å²) in [6.07, 6.45) is 0. The number of nitrogens with one attached hydrogen (secondary N) is 1. The third-order valence-corrected chi connectivity index (χ3v) is 4.69. The zero-order valence-corrected chi connectivity index (χ0v) is 15.4. The highest BCUT2D eigenvalue weighted by atomic mass is 35.5. The van der Waals surface area contributed by atoms with Crippen LogP contribution in [-0.4, -0.2) is 10.2 Å². The molecule has 0 bridgehead atoms. The molecule has 3 nitrogen and oxygen atoms in total. The van der Waals surface area contributed by atoms with E-state index in [-0.39, 0.29) is 0 Å². The van der Waals surface area contributed by atoms with Crippen LogP contribution in [0.25, 0.3) is 22.0 Å². The Balaban J connectivity index is 1.83. The van der Waals surface area contributed by atoms with Gasteiger partial charge in [-0.2, -0.15) is 0 Å². The van der Waals surface area contributed by atoms with E-state index in [1.54, 1.807) is 0 Å². The zero-order chi connectivity index (χ0) is 18.1. The van der Waals surface area contributed by atoms with Crippen LogP contribution < -0.4 is 5.32 Å². The fraction of sp³-hybridized carbons (Fsp3) is 0.0909. The van der Waals surface area contributed by atoms with Crippen molar-refractivity contribution in [2.24, 2.45) is 0 Å². The molecule has 4 rings (SSSR count). The number of benzene rings is 3. The number of halogens is 1. The van der Waals surface area contributed by atoms with Gasteiger partial charge in [0.05, 0.1) is 0 Å². The largest absolute Gasteiger partial charge is 0.338 e. The molecule has 1 N–H and O–H groups in total. The van der Waals surface area contributed by atoms with E-state index in [4.69, 9.17) is 11.6 Å². The van der Waals surface area contributed by atoms with E-state index in [2.05, 4.69) is 59.7 Å². The number of aryl methyl sites for hydroxylation is 2. The van der Waals surface area contributed by atoms with Crippen molar-refractivity contribution in [3.8, 4) is 11.3 Å². The maximum absolute atomic E-state index is 6.01. The molecule has 0 amide bonds. The van der Waals surface area contributed by atoms with Gasteiger partial charge in [0.15, 0.2) is 5.82 Å². The average Bonchev–Trinajstić information content (AvgIpc) is 2.65. The van der Waals surface area contributed by atoms with E-state index >= 15 is 0 Å². The predicted molar refractivity (Wildman–Crippen MR) is 109 cm³/mol. The van der Waals surface area contributed by atoms with Crippen LogP contribution in [0.15, 0.2) is 66.7 Å². The molecule has 0 atom stereocenters. The standard InChI is InChI=1S/C22H18ClN3/c1-14-7-12-20(15(2)13-14)24-22-19-6-4-3-5-18(19)21(25-26-22)16-8-10-17(23)11-9-16/h3-13H,1-2H3,(H,24,26). The van der Waals surface area contributed by atoms with Gasteiger partial charge in [-0.05, 0) is 37.6 Å². The lowest BCUT2D eigenvalue weighted by molar-refractivity contribution is 1.06. The smallest absolute Gasteiger partial charge is 0.161 e. The first kappa shape index (κ1) is 16.6. The zero-order valence-electron chi connectivity index (χ0n) is 14.6. The molecular weight excluding hydrogens is 342 g/mol. The average molecular weight is 360 g/mol. The number of hydrogen-bond acceptors (Lipinski definition) is 3. The maximum Gasteiger partial charge on any atom is 0.161 e. The van der Waals surface area contributed by atoms with Crippen LogP contribution in [0.2, 0.25) is 5.02 Å². The minimum absolute atomic E-state index is 0.708. The molecule has 4 heteroatoms. The first-order valence-electron chi connectivity index (χ1n) is 8.47. The predicted octanol–water partition coefficient (Wildman–Crippen LogP) is 6.31. The maximum atomic E-state index is 6.01. The highest BCUT2D eigenvalue weighted by Crippen LogP contribution is 2.32. The van der Waals surface area contributed by atoms with Gasteiger partial charge in [-0.25, -0.2) is 0 Å². The van der Waals surface area contributed by atoms with E-state index in [1.807, 2.05) is 36.4 Å². The monoisotopic (exact) mass is 359 g/mol. The number of fused-ring (bicyclic) bond motifs is 1. The lowest BCUT2D eigenvalue weighted by atomic mass is 10.0. The van der Waals surface area contributed by atoms with E-state index in [0.717, 1.165) is 33.5 Å². The van der Waals surface area contributed by atoms with Gasteiger partial charge in [-0.15, -0.1) is 10.2 Å². The summed E-state index contributed by atoms with van der Waals surface area (Å²) in [6.45, 7) is 4.18. The summed E-state index contributed by atoms with van der Waals surface area (Å²) in [6, 6.07) is 22.2. The quantitative estimate of drug-likeness (QED) is 0.465. The Bertz CT molecular complexity index is 1090. The normalized spacial score (nSPS) is 10.9. The molecular formula is C22H18ClN3. The van der Waals surface area contributed by atoms with Crippen LogP contribution in [0, 0.1) is 13.8 Å². The molecule has 0 aliphatic rings. The van der Waals surface area contributed by atoms with Crippen molar-refractivity contribution in [2.75, 3.05) is 5.32 Å². The molecule has 0 radical (unpaired) electrons. The van der Waals surface area contributed by atoms with Gasteiger partial charge in [0, 0.05) is 27.0 Å². The first-order valence-corrected chi connectivity index (χ1v) is 8.85. The Kier molecular flexibility index (Phi) is 4.31. The number of nitrogens with zero attached hydrogens (tertiary/aromatic N) is 2. The summed E-state index contributed by atoms with van der Waals surface area (Å²) in [5, 5.41) is 15.2. The highest BCUT2D eigenvalue weighted by molar-refractivity contribution is 6.30. The molecule has 0 saturated carbocycles. The van der Waals surface area contributed by atoms with Crippen LogP contribution >= 0.6 is 11.6 Å². The lowest BCUT2D eigenvalue weighted by Crippen LogP contribution is -2.00. The van der Waals surface area contributed by atoms with Gasteiger partial charge >= 0.3 is 0 Å². The lowest BCUT2D eigenvalue weighted by Gasteiger charge is -2.13. The Morgan fingerprint density at radius 3 is 2.27 bits per heavy atom. The number of aromatic nitrogens is 2. The molecule has 0 unspecified atom stereocenters. The molecule has 128 valence electrons. The van der Waals surface area contributed by atoms with Crippen LogP contribution in [0.5, 0.6) is 0 Å². The van der Waals surface area contributed by atoms with Gasteiger partial charge in [0.1, 0.15) is 5.69 Å². The second-order valence-electron chi connectivity index (χ2n) is 6.39. The third kappa shape index (κ3) is 3.14. The van der Waals surface area contributed by atoms with Crippen molar-refractivity contribution >= 4 is 33.9 Å². The number of rotatable bonds is 3. The van der Waals surface area contributed by atoms with Gasteiger partial charge in [-0.1, -0.05) is 65.7 Å². The van der Waals surface area contributed by atoms with E-state index in [1.165, 1.54) is 11.1 Å². The van der Waals surface area contributed by atoms with Crippen LogP contribution in [-0.2, 0) is 0 Å². The molecule has 3 aromatic carbocycles. The van der Waals surface area contributed by atoms with Gasteiger partial charge < -0.3 is 5.32 Å². The van der Waals surface area contributed by atoms with Gasteiger partial charge in [-0.3, -0.25) is 0 Å². The minimum atomic E-state index is 0.708. The van der Waals surface area contributed by atoms with Crippen molar-refractivity contribution < 1.29 is 0 Å². The highest BCUT2D eigenvalue weighted by Gasteiger charge is 2.11. The summed E-state index contributed by atoms with van der Waals surface area (Å²) in [4.78, 5) is 0. The Morgan fingerprint density at radius 1 is 0.808 bits per heavy atom. The molecule has 0 aliphatic heterocycles. The topological polar surface area (TPSA) is 37.8 Å². The third-order valence-electron chi connectivity index (χ3n) is 4.44. The second-order valence-corrected chi connectivity index (χ2v) is 6.83. The van der Waals surface area contributed by atoms with E-state index in [9.17, 15) is 0 Å². The molecule has 0 saturated heterocycles. The minimum Gasteiger partial charge on any atom is -0.338 e. The Hall–Kier alpha value is -2.91. The number of hydrogen-bond donors (Lipinski definition) is 1. The summed E-state index contributed by atoms with van der Waals surface area (Å²) in [7, 11) is 0. The fourth-order valence-corrected chi connectivity index (χ4v) is 3.22. The first-order chi connectivity index (χ1) is 12.6. The van der Waals surface area contributed by atoms with Crippen molar-refractivity contribution in [1.82, 2.24) is 10.2 Å². The fourth-order valence-electron chi connectivity index (χ4n) is 3.10. The summed E-state index contributed by atoms with van der Waals surface area (Å²) in [5.74, 6) is 0.755. The SMILES string of the molecule is Cc1ccc(Nc2nnc(-c3ccc(Cl)cc3)c3ccccc23)c(C)c1. The molecule has 1 heterocycles. The Labute approximate surface area is 157 Å². The molecule has 26 heavy (non-hydrogen) atoms. The van der Waals surface area contributed by atoms with Crippen LogP contribution in [0.4, 0.5) is 11.5 Å². The summed E-state index contributed by atoms with van der Waals surface area (Å²) >= 11 is 6.01. The summed E-state index contributed by atoms with van der Waals surface area (Å²) in [5.41, 5.74) is 5.30. The second kappa shape index (κ2) is 6.77. The molecule has 1 aromatic heterocycles. The van der Waals surface area contributed by atoms with Gasteiger partial charge in [0.25, 0.3) is 0 Å². The van der Waals surface area contributed by atoms with Crippen molar-refractivity contribution in [3.05, 3.63) is 82.9 Å². The molecule has 0 aliphatic carbocycles. The molecule has 4 aromatic rings. The number of anilines is 2. The summed E-state index contributed by atoms with van der Waals surface area (Å²) < 4.78 is 0. The van der Waals surface area contributed by atoms with Crippen molar-refractivity contribution in [3.63, 3.8) is 0 Å². The van der Waals surface area contributed by atoms with Crippen LogP contribution in [0.1, 0.15) is 11.1 Å². The van der Waals surface area contributed by atoms with Crippen molar-refractivity contribution in [2.45, 2.75) is 13.8 Å². The Morgan fingerprint density at radius 2 is 1.54 bits per heavy atom. The van der Waals surface area contributed by atoms with Crippen LogP contribution in [0.3, 0.4) is 0 Å². The van der Waals surface area contributed by atoms with Gasteiger partial charge in [0.2, 0.25) is 0 Å². The van der Waals surface area contributed by atoms with E-state index in [0.29, 0.717) is 5.02 Å². The van der Waals surface area contributed by atoms with E-state index < -0.39 is 0 Å². The van der Waals surface area contributed by atoms with Crippen molar-refractivity contribution in [1.29, 1.82) is 0 Å². The molecule has 0 fully saturated rings. The molecule has 0 spiro atoms.